The van der Waals surface area contributed by atoms with Crippen LogP contribution in [0.2, 0.25) is 18.1 Å². The minimum Gasteiger partial charge on any atom is -0.481 e. The van der Waals surface area contributed by atoms with Gasteiger partial charge in [-0.1, -0.05) is 20.8 Å². The lowest BCUT2D eigenvalue weighted by atomic mass is 10.0. The van der Waals surface area contributed by atoms with Crippen LogP contribution in [-0.4, -0.2) is 88.1 Å². The van der Waals surface area contributed by atoms with Crippen LogP contribution in [0.15, 0.2) is 5.16 Å². The van der Waals surface area contributed by atoms with E-state index in [1.165, 1.54) is 14.2 Å². The summed E-state index contributed by atoms with van der Waals surface area (Å²) in [7, 11) is -3.14. The zero-order chi connectivity index (χ0) is 25.9. The molecule has 0 aromatic carbocycles. The van der Waals surface area contributed by atoms with Gasteiger partial charge in [0, 0.05) is 6.26 Å². The van der Waals surface area contributed by atoms with Gasteiger partial charge >= 0.3 is 0 Å². The van der Waals surface area contributed by atoms with Crippen LogP contribution in [0.1, 0.15) is 46.2 Å². The SMILES string of the molecule is COc1nc(S(C)(=O)=O)nc(OC)c1[C@H]1[C@@H]2OC(C)(C)O[C@@H]2[C@@H](CO[Si](C)(C)C(C)(C)C)N1O. The Morgan fingerprint density at radius 1 is 1.09 bits per heavy atom. The van der Waals surface area contributed by atoms with Crippen molar-refractivity contribution in [3.63, 3.8) is 0 Å². The second-order valence-corrected chi connectivity index (χ2v) is 17.5. The Labute approximate surface area is 202 Å². The van der Waals surface area contributed by atoms with Crippen LogP contribution >= 0.6 is 0 Å². The molecule has 34 heavy (non-hydrogen) atoms. The van der Waals surface area contributed by atoms with Gasteiger partial charge in [0.1, 0.15) is 18.2 Å². The van der Waals surface area contributed by atoms with E-state index in [1.54, 1.807) is 13.8 Å². The Morgan fingerprint density at radius 3 is 2.03 bits per heavy atom. The molecule has 0 bridgehead atoms. The Hall–Kier alpha value is -1.35. The predicted octanol–water partition coefficient (Wildman–Crippen LogP) is 2.55. The van der Waals surface area contributed by atoms with Crippen molar-refractivity contribution in [3.8, 4) is 11.8 Å². The van der Waals surface area contributed by atoms with E-state index in [0.29, 0.717) is 0 Å². The zero-order valence-corrected chi connectivity index (χ0v) is 23.4. The van der Waals surface area contributed by atoms with Crippen molar-refractivity contribution in [1.82, 2.24) is 15.0 Å². The minimum absolute atomic E-state index is 0.0151. The average molecular weight is 520 g/mol. The molecule has 13 heteroatoms. The highest BCUT2D eigenvalue weighted by molar-refractivity contribution is 7.90. The summed E-state index contributed by atoms with van der Waals surface area (Å²) < 4.78 is 53.8. The van der Waals surface area contributed by atoms with Gasteiger partial charge in [0.05, 0.1) is 32.4 Å². The molecular weight excluding hydrogens is 482 g/mol. The highest BCUT2D eigenvalue weighted by Gasteiger charge is 2.60. The molecule has 0 aliphatic carbocycles. The first-order chi connectivity index (χ1) is 15.4. The molecule has 3 heterocycles. The molecule has 11 nitrogen and oxygen atoms in total. The maximum atomic E-state index is 12.1. The maximum Gasteiger partial charge on any atom is 0.253 e. The molecule has 0 spiro atoms. The summed E-state index contributed by atoms with van der Waals surface area (Å²) in [5.41, 5.74) is 0.269. The van der Waals surface area contributed by atoms with E-state index in [9.17, 15) is 13.6 Å². The Morgan fingerprint density at radius 2 is 1.59 bits per heavy atom. The van der Waals surface area contributed by atoms with E-state index in [2.05, 4.69) is 43.8 Å². The zero-order valence-electron chi connectivity index (χ0n) is 21.6. The van der Waals surface area contributed by atoms with Crippen molar-refractivity contribution in [2.45, 2.75) is 88.0 Å². The number of nitrogens with zero attached hydrogens (tertiary/aromatic N) is 3. The number of sulfone groups is 1. The normalized spacial score (nSPS) is 27.6. The van der Waals surface area contributed by atoms with Crippen molar-refractivity contribution in [3.05, 3.63) is 5.56 Å². The third-order valence-electron chi connectivity index (χ3n) is 6.77. The van der Waals surface area contributed by atoms with Crippen LogP contribution in [0.3, 0.4) is 0 Å². The van der Waals surface area contributed by atoms with E-state index >= 15 is 0 Å². The molecule has 0 saturated carbocycles. The van der Waals surface area contributed by atoms with Gasteiger partial charge in [-0.3, -0.25) is 0 Å². The largest absolute Gasteiger partial charge is 0.481 e. The predicted molar refractivity (Wildman–Crippen MR) is 125 cm³/mol. The quantitative estimate of drug-likeness (QED) is 0.421. The Kier molecular flexibility index (Phi) is 7.17. The van der Waals surface area contributed by atoms with Crippen LogP contribution in [0.5, 0.6) is 11.8 Å². The number of ether oxygens (including phenoxy) is 4. The standard InChI is InChI=1S/C21H37N3O8SSi/c1-20(2,3)34(9,10)30-11-12-15-16(32-21(4,5)31-15)14(24(12)25)13-17(28-6)22-19(33(8,26)27)23-18(13)29-7/h12,14-16,25H,11H2,1-10H3/t12-,14+,15-,16+/m1/s1. The maximum absolute atomic E-state index is 12.1. The lowest BCUT2D eigenvalue weighted by Crippen LogP contribution is -2.47. The van der Waals surface area contributed by atoms with E-state index in [1.807, 2.05) is 0 Å². The molecule has 0 unspecified atom stereocenters. The van der Waals surface area contributed by atoms with Crippen molar-refractivity contribution >= 4 is 18.2 Å². The molecular formula is C21H37N3O8SSi. The molecule has 2 aliphatic rings. The summed E-state index contributed by atoms with van der Waals surface area (Å²) >= 11 is 0. The Balaban J connectivity index is 2.07. The van der Waals surface area contributed by atoms with Crippen molar-refractivity contribution in [2.75, 3.05) is 27.1 Å². The van der Waals surface area contributed by atoms with Crippen LogP contribution in [0.4, 0.5) is 0 Å². The number of hydrogen-bond acceptors (Lipinski definition) is 11. The molecule has 0 radical (unpaired) electrons. The van der Waals surface area contributed by atoms with Gasteiger partial charge in [0.15, 0.2) is 14.1 Å². The van der Waals surface area contributed by atoms with Crippen LogP contribution < -0.4 is 9.47 Å². The van der Waals surface area contributed by atoms with Crippen molar-refractivity contribution in [2.24, 2.45) is 0 Å². The summed E-state index contributed by atoms with van der Waals surface area (Å²) in [5, 5.41) is 12.0. The minimum atomic E-state index is -3.74. The highest BCUT2D eigenvalue weighted by atomic mass is 32.2. The molecule has 0 amide bonds. The molecule has 1 N–H and O–H groups in total. The van der Waals surface area contributed by atoms with Crippen molar-refractivity contribution in [1.29, 1.82) is 0 Å². The average Bonchev–Trinajstić information content (AvgIpc) is 3.12. The monoisotopic (exact) mass is 519 g/mol. The van der Waals surface area contributed by atoms with Gasteiger partial charge < -0.3 is 28.6 Å². The van der Waals surface area contributed by atoms with E-state index in [4.69, 9.17) is 23.4 Å². The first-order valence-corrected chi connectivity index (χ1v) is 15.9. The highest BCUT2D eigenvalue weighted by Crippen LogP contribution is 2.50. The number of fused-ring (bicyclic) bond motifs is 1. The molecule has 1 aromatic heterocycles. The second kappa shape index (κ2) is 8.94. The van der Waals surface area contributed by atoms with Crippen LogP contribution in [-0.2, 0) is 23.7 Å². The summed E-state index contributed by atoms with van der Waals surface area (Å²) in [6.07, 6.45) is -0.169. The van der Waals surface area contributed by atoms with E-state index < -0.39 is 53.4 Å². The number of hydroxylamine groups is 2. The van der Waals surface area contributed by atoms with Crippen LogP contribution in [0.25, 0.3) is 0 Å². The number of hydrogen-bond donors (Lipinski definition) is 1. The van der Waals surface area contributed by atoms with E-state index in [0.717, 1.165) is 11.3 Å². The fraction of sp³-hybridized carbons (Fsp3) is 0.810. The number of methoxy groups -OCH3 is 2. The Bertz CT molecular complexity index is 1000. The lowest BCUT2D eigenvalue weighted by molar-refractivity contribution is -0.221. The van der Waals surface area contributed by atoms with Gasteiger partial charge in [0.2, 0.25) is 21.6 Å². The fourth-order valence-electron chi connectivity index (χ4n) is 3.98. The van der Waals surface area contributed by atoms with Gasteiger partial charge in [0.25, 0.3) is 5.16 Å². The molecule has 4 atom stereocenters. The topological polar surface area (TPSA) is 130 Å². The fourth-order valence-corrected chi connectivity index (χ4v) is 5.50. The van der Waals surface area contributed by atoms with E-state index in [-0.39, 0.29) is 29.0 Å². The third kappa shape index (κ3) is 4.97. The summed E-state index contributed by atoms with van der Waals surface area (Å²) in [6, 6.07) is -1.41. The first kappa shape index (κ1) is 27.2. The molecule has 2 saturated heterocycles. The van der Waals surface area contributed by atoms with Crippen LogP contribution in [0, 0.1) is 0 Å². The third-order valence-corrected chi connectivity index (χ3v) is 12.1. The smallest absolute Gasteiger partial charge is 0.253 e. The lowest BCUT2D eigenvalue weighted by Gasteiger charge is -2.38. The van der Waals surface area contributed by atoms with Gasteiger partial charge in [-0.2, -0.15) is 15.0 Å². The molecule has 3 rings (SSSR count). The van der Waals surface area contributed by atoms with Gasteiger partial charge in [-0.15, -0.1) is 0 Å². The molecule has 2 fully saturated rings. The van der Waals surface area contributed by atoms with Gasteiger partial charge in [-0.25, -0.2) is 8.42 Å². The molecule has 1 aromatic rings. The number of aromatic nitrogens is 2. The summed E-state index contributed by atoms with van der Waals surface area (Å²) in [4.78, 5) is 8.17. The summed E-state index contributed by atoms with van der Waals surface area (Å²) in [6.45, 7) is 14.5. The second-order valence-electron chi connectivity index (χ2n) is 10.7. The first-order valence-electron chi connectivity index (χ1n) is 11.1. The van der Waals surface area contributed by atoms with Crippen molar-refractivity contribution < 1.29 is 37.0 Å². The number of rotatable bonds is 7. The summed E-state index contributed by atoms with van der Waals surface area (Å²) in [5.74, 6) is -0.971. The van der Waals surface area contributed by atoms with Gasteiger partial charge in [-0.05, 0) is 32.0 Å². The molecule has 2 aliphatic heterocycles. The molecule has 194 valence electrons.